The van der Waals surface area contributed by atoms with E-state index in [1.165, 1.54) is 122 Å². The highest BCUT2D eigenvalue weighted by atomic mass is 16.5. The van der Waals surface area contributed by atoms with Gasteiger partial charge in [0.1, 0.15) is 6.10 Å². The van der Waals surface area contributed by atoms with E-state index in [-0.39, 0.29) is 24.9 Å². The molecule has 3 atom stereocenters. The molecular formula is C53H95NO5. The van der Waals surface area contributed by atoms with Crippen molar-refractivity contribution in [3.05, 3.63) is 60.8 Å². The van der Waals surface area contributed by atoms with Crippen molar-refractivity contribution in [1.29, 1.82) is 0 Å². The molecule has 0 saturated heterocycles. The molecule has 0 aromatic rings. The number of aliphatic hydroxyl groups excluding tert-OH is 2. The fraction of sp³-hybridized carbons (Fsp3) is 0.774. The minimum Gasteiger partial charge on any atom is -0.462 e. The molecule has 0 bridgehead atoms. The molecule has 0 aliphatic heterocycles. The van der Waals surface area contributed by atoms with E-state index in [2.05, 4.69) is 50.4 Å². The van der Waals surface area contributed by atoms with E-state index in [9.17, 15) is 19.8 Å². The highest BCUT2D eigenvalue weighted by molar-refractivity contribution is 5.77. The van der Waals surface area contributed by atoms with E-state index in [0.717, 1.165) is 70.6 Å². The summed E-state index contributed by atoms with van der Waals surface area (Å²) < 4.78 is 5.91. The first-order valence-corrected chi connectivity index (χ1v) is 25.1. The van der Waals surface area contributed by atoms with Gasteiger partial charge >= 0.3 is 5.97 Å². The van der Waals surface area contributed by atoms with Gasteiger partial charge in [-0.3, -0.25) is 9.59 Å². The smallest absolute Gasteiger partial charge is 0.306 e. The fourth-order valence-corrected chi connectivity index (χ4v) is 7.45. The molecule has 0 fully saturated rings. The summed E-state index contributed by atoms with van der Waals surface area (Å²) in [6.45, 7) is 6.32. The molecular weight excluding hydrogens is 731 g/mol. The van der Waals surface area contributed by atoms with Crippen LogP contribution in [0.1, 0.15) is 239 Å². The summed E-state index contributed by atoms with van der Waals surface area (Å²) in [4.78, 5) is 26.1. The highest BCUT2D eigenvalue weighted by Crippen LogP contribution is 2.18. The number of unbranched alkanes of at least 4 members (excludes halogenated alkanes) is 26. The Morgan fingerprint density at radius 1 is 0.508 bits per heavy atom. The number of ether oxygens (including phenoxy) is 1. The van der Waals surface area contributed by atoms with Crippen LogP contribution in [0.5, 0.6) is 0 Å². The molecule has 6 nitrogen and oxygen atoms in total. The summed E-state index contributed by atoms with van der Waals surface area (Å²) in [5.41, 5.74) is 0. The van der Waals surface area contributed by atoms with Crippen molar-refractivity contribution in [3.63, 3.8) is 0 Å². The largest absolute Gasteiger partial charge is 0.462 e. The van der Waals surface area contributed by atoms with E-state index >= 15 is 0 Å². The summed E-state index contributed by atoms with van der Waals surface area (Å²) in [5.74, 6) is -0.519. The second-order valence-corrected chi connectivity index (χ2v) is 17.0. The molecule has 3 unspecified atom stereocenters. The lowest BCUT2D eigenvalue weighted by Gasteiger charge is -2.24. The number of aliphatic hydroxyl groups is 2. The third kappa shape index (κ3) is 42.1. The van der Waals surface area contributed by atoms with Crippen LogP contribution < -0.4 is 5.32 Å². The lowest BCUT2D eigenvalue weighted by molar-refractivity contribution is -0.151. The predicted molar refractivity (Wildman–Crippen MR) is 255 cm³/mol. The lowest BCUT2D eigenvalue weighted by atomic mass is 10.0. The Labute approximate surface area is 365 Å². The van der Waals surface area contributed by atoms with Crippen LogP contribution in [0.2, 0.25) is 0 Å². The van der Waals surface area contributed by atoms with E-state index in [1.807, 2.05) is 36.5 Å². The Bertz CT molecular complexity index is 1060. The number of esters is 1. The predicted octanol–water partition coefficient (Wildman–Crippen LogP) is 14.8. The molecule has 0 saturated carbocycles. The molecule has 0 aliphatic carbocycles. The molecule has 59 heavy (non-hydrogen) atoms. The van der Waals surface area contributed by atoms with E-state index in [0.29, 0.717) is 19.3 Å². The Kier molecular flexibility index (Phi) is 44.7. The number of carbonyl (C=O) groups excluding carboxylic acids is 2. The lowest BCUT2D eigenvalue weighted by Crippen LogP contribution is -2.46. The summed E-state index contributed by atoms with van der Waals surface area (Å²) >= 11 is 0. The van der Waals surface area contributed by atoms with Crippen molar-refractivity contribution in [2.45, 2.75) is 257 Å². The topological polar surface area (TPSA) is 95.9 Å². The zero-order valence-corrected chi connectivity index (χ0v) is 38.9. The van der Waals surface area contributed by atoms with Crippen molar-refractivity contribution in [1.82, 2.24) is 5.32 Å². The number of rotatable bonds is 44. The maximum Gasteiger partial charge on any atom is 0.306 e. The Hall–Kier alpha value is -2.44. The highest BCUT2D eigenvalue weighted by Gasteiger charge is 2.24. The van der Waals surface area contributed by atoms with Gasteiger partial charge in [0.15, 0.2) is 0 Å². The second kappa shape index (κ2) is 46.6. The molecule has 0 aliphatic rings. The number of hydrogen-bond donors (Lipinski definition) is 3. The first kappa shape index (κ1) is 56.6. The summed E-state index contributed by atoms with van der Waals surface area (Å²) in [7, 11) is 0. The molecule has 6 heteroatoms. The molecule has 0 aromatic carbocycles. The van der Waals surface area contributed by atoms with Crippen LogP contribution in [0.25, 0.3) is 0 Å². The third-order valence-electron chi connectivity index (χ3n) is 11.2. The van der Waals surface area contributed by atoms with Crippen LogP contribution in [0, 0.1) is 0 Å². The number of carbonyl (C=O) groups is 2. The minimum absolute atomic E-state index is 0.0609. The Balaban J connectivity index is 4.65. The van der Waals surface area contributed by atoms with Crippen molar-refractivity contribution >= 4 is 11.9 Å². The summed E-state index contributed by atoms with van der Waals surface area (Å²) in [5, 5.41) is 23.7. The van der Waals surface area contributed by atoms with Gasteiger partial charge in [0.25, 0.3) is 0 Å². The summed E-state index contributed by atoms with van der Waals surface area (Å²) in [6.07, 6.45) is 57.1. The number of allylic oxidation sites excluding steroid dienone is 10. The van der Waals surface area contributed by atoms with Gasteiger partial charge in [0.05, 0.1) is 25.2 Å². The standard InChI is InChI=1S/C53H95NO5/c1-4-7-10-13-16-19-21-23-25-27-28-30-33-35-38-41-44-49(47-52(57)54-50(48-55)51(56)45-42-39-36-32-18-15-12-9-6-3)59-53(58)46-43-40-37-34-31-29-26-24-22-20-17-14-11-8-5-2/h8,11,14,17,20,22,24,26,29,31,49-51,55-56H,4-7,9-10,12-13,15-16,18-19,21,23,25,27-28,30,32-48H2,1-3H3,(H,54,57)/b11-8+,17-14+,22-20-,26-24-,31-29+. The fourth-order valence-electron chi connectivity index (χ4n) is 7.45. The van der Waals surface area contributed by atoms with Crippen LogP contribution in [0.3, 0.4) is 0 Å². The van der Waals surface area contributed by atoms with Crippen molar-refractivity contribution in [3.8, 4) is 0 Å². The maximum absolute atomic E-state index is 13.2. The Morgan fingerprint density at radius 2 is 0.915 bits per heavy atom. The zero-order chi connectivity index (χ0) is 43.1. The van der Waals surface area contributed by atoms with Gasteiger partial charge < -0.3 is 20.3 Å². The van der Waals surface area contributed by atoms with Gasteiger partial charge in [-0.2, -0.15) is 0 Å². The molecule has 1 amide bonds. The monoisotopic (exact) mass is 826 g/mol. The zero-order valence-electron chi connectivity index (χ0n) is 38.9. The summed E-state index contributed by atoms with van der Waals surface area (Å²) in [6, 6.07) is -0.709. The quantitative estimate of drug-likeness (QED) is 0.0323. The maximum atomic E-state index is 13.2. The molecule has 0 radical (unpaired) electrons. The van der Waals surface area contributed by atoms with Crippen LogP contribution in [0.4, 0.5) is 0 Å². The third-order valence-corrected chi connectivity index (χ3v) is 11.2. The normalized spacial score (nSPS) is 13.8. The SMILES string of the molecule is CC/C=C/C=C/C=C\C=C/C=C/CCCCCC(=O)OC(CCCCCCCCCCCCCCCCCC)CC(=O)NC(CO)C(O)CCCCCCCCCCC. The van der Waals surface area contributed by atoms with Crippen LogP contribution in [0.15, 0.2) is 60.8 Å². The van der Waals surface area contributed by atoms with E-state index < -0.39 is 18.2 Å². The number of hydrogen-bond acceptors (Lipinski definition) is 5. The molecule has 0 spiro atoms. The van der Waals surface area contributed by atoms with Crippen LogP contribution >= 0.6 is 0 Å². The Morgan fingerprint density at radius 3 is 1.37 bits per heavy atom. The molecule has 342 valence electrons. The van der Waals surface area contributed by atoms with Crippen LogP contribution in [-0.2, 0) is 14.3 Å². The van der Waals surface area contributed by atoms with E-state index in [4.69, 9.17) is 4.74 Å². The van der Waals surface area contributed by atoms with Gasteiger partial charge in [0.2, 0.25) is 5.91 Å². The second-order valence-electron chi connectivity index (χ2n) is 17.0. The van der Waals surface area contributed by atoms with Gasteiger partial charge in [-0.05, 0) is 44.9 Å². The molecule has 0 heterocycles. The first-order valence-electron chi connectivity index (χ1n) is 25.1. The molecule has 0 rings (SSSR count). The molecule has 0 aromatic heterocycles. The van der Waals surface area contributed by atoms with Crippen molar-refractivity contribution in [2.75, 3.05) is 6.61 Å². The van der Waals surface area contributed by atoms with Crippen LogP contribution in [-0.4, -0.2) is 46.9 Å². The van der Waals surface area contributed by atoms with Crippen molar-refractivity contribution < 1.29 is 24.5 Å². The average molecular weight is 826 g/mol. The molecule has 3 N–H and O–H groups in total. The number of nitrogens with one attached hydrogen (secondary N) is 1. The van der Waals surface area contributed by atoms with Gasteiger partial charge in [-0.15, -0.1) is 0 Å². The minimum atomic E-state index is -0.794. The van der Waals surface area contributed by atoms with Crippen molar-refractivity contribution in [2.24, 2.45) is 0 Å². The van der Waals surface area contributed by atoms with Gasteiger partial charge in [0, 0.05) is 6.42 Å². The van der Waals surface area contributed by atoms with E-state index in [1.54, 1.807) is 0 Å². The van der Waals surface area contributed by atoms with Gasteiger partial charge in [-0.1, -0.05) is 242 Å². The first-order chi connectivity index (χ1) is 29.0. The number of amides is 1. The average Bonchev–Trinajstić information content (AvgIpc) is 3.23. The van der Waals surface area contributed by atoms with Gasteiger partial charge in [-0.25, -0.2) is 0 Å².